The quantitative estimate of drug-likeness (QED) is 0.637. The second-order valence-electron chi connectivity index (χ2n) is 5.24. The van der Waals surface area contributed by atoms with Crippen LogP contribution in [0.15, 0.2) is 12.3 Å². The number of carbonyl (C=O) groups excluding carboxylic acids is 1. The van der Waals surface area contributed by atoms with Crippen LogP contribution < -0.4 is 10.6 Å². The Morgan fingerprint density at radius 2 is 2.05 bits per heavy atom. The number of aromatic nitrogens is 2. The predicted molar refractivity (Wildman–Crippen MR) is 79.0 cm³/mol. The van der Waals surface area contributed by atoms with E-state index in [1.54, 1.807) is 4.68 Å². The Bertz CT molecular complexity index is 459. The summed E-state index contributed by atoms with van der Waals surface area (Å²) >= 11 is 0. The Hall–Kier alpha value is -2.05. The first-order valence-electron chi connectivity index (χ1n) is 7.19. The van der Waals surface area contributed by atoms with Crippen LogP contribution in [0.25, 0.3) is 0 Å². The van der Waals surface area contributed by atoms with E-state index in [1.807, 2.05) is 26.2 Å². The lowest BCUT2D eigenvalue weighted by Crippen LogP contribution is -2.37. The van der Waals surface area contributed by atoms with Gasteiger partial charge >= 0.3 is 12.0 Å². The van der Waals surface area contributed by atoms with E-state index in [2.05, 4.69) is 15.7 Å². The zero-order valence-corrected chi connectivity index (χ0v) is 12.6. The molecule has 1 aromatic rings. The van der Waals surface area contributed by atoms with Crippen molar-refractivity contribution >= 4 is 12.0 Å². The topological polar surface area (TPSA) is 96.3 Å². The fourth-order valence-corrected chi connectivity index (χ4v) is 1.91. The van der Waals surface area contributed by atoms with E-state index in [0.29, 0.717) is 25.9 Å². The largest absolute Gasteiger partial charge is 0.481 e. The summed E-state index contributed by atoms with van der Waals surface area (Å²) in [5.74, 6) is -0.489. The number of amides is 2. The molecule has 0 spiro atoms. The number of nitrogens with zero attached hydrogens (tertiary/aromatic N) is 2. The average molecular weight is 296 g/mol. The van der Waals surface area contributed by atoms with Crippen molar-refractivity contribution < 1.29 is 14.7 Å². The van der Waals surface area contributed by atoms with Gasteiger partial charge in [-0.15, -0.1) is 0 Å². The number of hydrogen-bond acceptors (Lipinski definition) is 3. The van der Waals surface area contributed by atoms with Crippen LogP contribution >= 0.6 is 0 Å². The van der Waals surface area contributed by atoms with Gasteiger partial charge in [-0.05, 0) is 24.8 Å². The molecule has 1 heterocycles. The van der Waals surface area contributed by atoms with Crippen LogP contribution in [-0.4, -0.2) is 40.0 Å². The number of carbonyl (C=O) groups is 2. The van der Waals surface area contributed by atoms with Crippen LogP contribution in [-0.2, 0) is 18.3 Å². The van der Waals surface area contributed by atoms with Gasteiger partial charge in [-0.25, -0.2) is 4.79 Å². The molecule has 0 aliphatic carbocycles. The van der Waals surface area contributed by atoms with E-state index in [-0.39, 0.29) is 18.4 Å². The lowest BCUT2D eigenvalue weighted by Gasteiger charge is -2.11. The maximum Gasteiger partial charge on any atom is 0.314 e. The molecule has 0 aliphatic heterocycles. The maximum absolute atomic E-state index is 11.5. The summed E-state index contributed by atoms with van der Waals surface area (Å²) < 4.78 is 1.73. The van der Waals surface area contributed by atoms with E-state index < -0.39 is 5.97 Å². The minimum Gasteiger partial charge on any atom is -0.481 e. The summed E-state index contributed by atoms with van der Waals surface area (Å²) in [4.78, 5) is 22.0. The van der Waals surface area contributed by atoms with E-state index >= 15 is 0 Å². The third kappa shape index (κ3) is 7.96. The highest BCUT2D eigenvalue weighted by molar-refractivity contribution is 5.73. The Balaban J connectivity index is 2.04. The first-order chi connectivity index (χ1) is 9.97. The van der Waals surface area contributed by atoms with Crippen LogP contribution in [0.2, 0.25) is 0 Å². The first kappa shape index (κ1) is 17.0. The van der Waals surface area contributed by atoms with Gasteiger partial charge in [0.1, 0.15) is 0 Å². The predicted octanol–water partition coefficient (Wildman–Crippen LogP) is 1.15. The molecule has 1 aromatic heterocycles. The fourth-order valence-electron chi connectivity index (χ4n) is 1.91. The summed E-state index contributed by atoms with van der Waals surface area (Å²) in [6.45, 7) is 3.08. The van der Waals surface area contributed by atoms with Gasteiger partial charge in [-0.3, -0.25) is 9.48 Å². The molecule has 2 amide bonds. The van der Waals surface area contributed by atoms with Crippen LogP contribution in [0.3, 0.4) is 0 Å². The van der Waals surface area contributed by atoms with Crippen molar-refractivity contribution in [3.63, 3.8) is 0 Å². The standard InChI is InChI=1S/C14H24N4O3/c1-11(3-4-13(19)20)5-8-15-14(21)16-9-6-12-7-10-18(2)17-12/h7,10-11H,3-6,8-9H2,1-2H3,(H,19,20)(H2,15,16,21). The second-order valence-corrected chi connectivity index (χ2v) is 5.24. The van der Waals surface area contributed by atoms with Crippen LogP contribution in [0.4, 0.5) is 4.79 Å². The molecule has 7 heteroatoms. The zero-order valence-electron chi connectivity index (χ0n) is 12.6. The van der Waals surface area contributed by atoms with Crippen molar-refractivity contribution in [2.45, 2.75) is 32.6 Å². The molecule has 3 N–H and O–H groups in total. The molecular weight excluding hydrogens is 272 g/mol. The lowest BCUT2D eigenvalue weighted by molar-refractivity contribution is -0.137. The van der Waals surface area contributed by atoms with E-state index in [4.69, 9.17) is 5.11 Å². The van der Waals surface area contributed by atoms with Crippen LogP contribution in [0, 0.1) is 5.92 Å². The van der Waals surface area contributed by atoms with Crippen LogP contribution in [0.5, 0.6) is 0 Å². The zero-order chi connectivity index (χ0) is 15.7. The molecule has 0 fully saturated rings. The molecule has 1 unspecified atom stereocenters. The monoisotopic (exact) mass is 296 g/mol. The maximum atomic E-state index is 11.5. The van der Waals surface area contributed by atoms with Gasteiger partial charge in [-0.2, -0.15) is 5.10 Å². The molecule has 0 bridgehead atoms. The van der Waals surface area contributed by atoms with Crippen molar-refractivity contribution in [2.24, 2.45) is 13.0 Å². The van der Waals surface area contributed by atoms with Crippen molar-refractivity contribution in [1.82, 2.24) is 20.4 Å². The minimum atomic E-state index is -0.776. The molecule has 1 atom stereocenters. The Labute approximate surface area is 124 Å². The van der Waals surface area contributed by atoms with Gasteiger partial charge in [0.15, 0.2) is 0 Å². The number of hydrogen-bond donors (Lipinski definition) is 3. The Kier molecular flexibility index (Phi) is 7.28. The number of aryl methyl sites for hydroxylation is 1. The summed E-state index contributed by atoms with van der Waals surface area (Å²) in [5, 5.41) is 18.3. The highest BCUT2D eigenvalue weighted by Gasteiger charge is 2.06. The number of nitrogens with one attached hydrogen (secondary N) is 2. The highest BCUT2D eigenvalue weighted by Crippen LogP contribution is 2.08. The molecule has 7 nitrogen and oxygen atoms in total. The summed E-state index contributed by atoms with van der Waals surface area (Å²) in [6, 6.07) is 1.72. The van der Waals surface area contributed by atoms with Gasteiger partial charge in [0.2, 0.25) is 0 Å². The third-order valence-corrected chi connectivity index (χ3v) is 3.21. The SMILES string of the molecule is CC(CCNC(=O)NCCc1ccn(C)n1)CCC(=O)O. The van der Waals surface area contributed by atoms with E-state index in [1.165, 1.54) is 0 Å². The number of carboxylic acids is 1. The van der Waals surface area contributed by atoms with E-state index in [0.717, 1.165) is 12.1 Å². The summed E-state index contributed by atoms with van der Waals surface area (Å²) in [5.41, 5.74) is 0.945. The number of rotatable bonds is 9. The van der Waals surface area contributed by atoms with Crippen molar-refractivity contribution in [3.05, 3.63) is 18.0 Å². The molecule has 0 aromatic carbocycles. The Morgan fingerprint density at radius 1 is 1.33 bits per heavy atom. The molecule has 0 saturated carbocycles. The molecule has 1 rings (SSSR count). The number of carboxylic acid groups (broad SMARTS) is 1. The van der Waals surface area contributed by atoms with Gasteiger partial charge < -0.3 is 15.7 Å². The summed E-state index contributed by atoms with van der Waals surface area (Å²) in [7, 11) is 1.86. The minimum absolute atomic E-state index is 0.178. The molecular formula is C14H24N4O3. The molecule has 118 valence electrons. The lowest BCUT2D eigenvalue weighted by atomic mass is 10.0. The molecule has 0 saturated heterocycles. The number of aliphatic carboxylic acids is 1. The van der Waals surface area contributed by atoms with Crippen LogP contribution in [0.1, 0.15) is 31.9 Å². The smallest absolute Gasteiger partial charge is 0.314 e. The highest BCUT2D eigenvalue weighted by atomic mass is 16.4. The third-order valence-electron chi connectivity index (χ3n) is 3.21. The van der Waals surface area contributed by atoms with Gasteiger partial charge in [0.05, 0.1) is 5.69 Å². The molecule has 21 heavy (non-hydrogen) atoms. The van der Waals surface area contributed by atoms with E-state index in [9.17, 15) is 9.59 Å². The Morgan fingerprint density at radius 3 is 2.67 bits per heavy atom. The number of urea groups is 1. The normalized spacial score (nSPS) is 11.9. The average Bonchev–Trinajstić information content (AvgIpc) is 2.82. The van der Waals surface area contributed by atoms with Gasteiger partial charge in [0.25, 0.3) is 0 Å². The first-order valence-corrected chi connectivity index (χ1v) is 7.19. The van der Waals surface area contributed by atoms with Gasteiger partial charge in [-0.1, -0.05) is 6.92 Å². The molecule has 0 radical (unpaired) electrons. The van der Waals surface area contributed by atoms with Crippen molar-refractivity contribution in [1.29, 1.82) is 0 Å². The second kappa shape index (κ2) is 8.99. The van der Waals surface area contributed by atoms with Crippen molar-refractivity contribution in [2.75, 3.05) is 13.1 Å². The fraction of sp³-hybridized carbons (Fsp3) is 0.643. The summed E-state index contributed by atoms with van der Waals surface area (Å²) in [6.07, 6.45) is 4.16. The van der Waals surface area contributed by atoms with Crippen molar-refractivity contribution in [3.8, 4) is 0 Å². The van der Waals surface area contributed by atoms with Gasteiger partial charge in [0, 0.05) is 39.2 Å². The molecule has 0 aliphatic rings.